The molecular weight excluding hydrogens is 330 g/mol. The number of anilines is 1. The maximum atomic E-state index is 12.4. The summed E-state index contributed by atoms with van der Waals surface area (Å²) in [6, 6.07) is 8.67. The minimum Gasteiger partial charge on any atom is -0.508 e. The summed E-state index contributed by atoms with van der Waals surface area (Å²) in [6.45, 7) is 4.88. The molecule has 0 saturated carbocycles. The summed E-state index contributed by atoms with van der Waals surface area (Å²) in [7, 11) is 0. The summed E-state index contributed by atoms with van der Waals surface area (Å²) in [6.07, 6.45) is 3.51. The molecule has 7 nitrogen and oxygen atoms in total. The van der Waals surface area contributed by atoms with Gasteiger partial charge in [-0.2, -0.15) is 0 Å². The summed E-state index contributed by atoms with van der Waals surface area (Å²) >= 11 is 0. The Morgan fingerprint density at radius 1 is 1.31 bits per heavy atom. The van der Waals surface area contributed by atoms with Gasteiger partial charge in [0.15, 0.2) is 0 Å². The van der Waals surface area contributed by atoms with E-state index in [1.165, 1.54) is 0 Å². The lowest BCUT2D eigenvalue weighted by Gasteiger charge is -2.06. The number of rotatable bonds is 6. The van der Waals surface area contributed by atoms with Crippen LogP contribution >= 0.6 is 0 Å². The molecule has 0 bridgehead atoms. The number of aromatic nitrogens is 3. The first-order valence-corrected chi connectivity index (χ1v) is 8.40. The van der Waals surface area contributed by atoms with Crippen molar-refractivity contribution in [3.05, 3.63) is 59.5 Å². The number of aryl methyl sites for hydroxylation is 1. The minimum atomic E-state index is -0.252. The summed E-state index contributed by atoms with van der Waals surface area (Å²) in [5.41, 5.74) is 3.60. The van der Waals surface area contributed by atoms with E-state index >= 15 is 0 Å². The van der Waals surface area contributed by atoms with E-state index < -0.39 is 0 Å². The molecule has 3 aromatic rings. The fourth-order valence-electron chi connectivity index (χ4n) is 2.57. The van der Waals surface area contributed by atoms with Crippen LogP contribution in [-0.4, -0.2) is 32.5 Å². The van der Waals surface area contributed by atoms with Gasteiger partial charge in [-0.1, -0.05) is 18.2 Å². The van der Waals surface area contributed by atoms with E-state index in [0.29, 0.717) is 17.2 Å². The Labute approximate surface area is 151 Å². The van der Waals surface area contributed by atoms with E-state index in [-0.39, 0.29) is 18.2 Å². The van der Waals surface area contributed by atoms with Crippen LogP contribution in [0.15, 0.2) is 42.7 Å². The Bertz CT molecular complexity index is 920. The highest BCUT2D eigenvalue weighted by Gasteiger charge is 2.13. The van der Waals surface area contributed by atoms with Gasteiger partial charge in [0.1, 0.15) is 11.4 Å². The Balaban J connectivity index is 1.74. The molecule has 0 fully saturated rings. The Kier molecular flexibility index (Phi) is 5.17. The number of aromatic amines is 1. The Morgan fingerprint density at radius 2 is 2.12 bits per heavy atom. The molecule has 0 radical (unpaired) electrons. The summed E-state index contributed by atoms with van der Waals surface area (Å²) in [5.74, 6) is 0.463. The first kappa shape index (κ1) is 17.5. The molecule has 0 aliphatic carbocycles. The van der Waals surface area contributed by atoms with E-state index in [9.17, 15) is 9.90 Å². The van der Waals surface area contributed by atoms with Crippen LogP contribution < -0.4 is 10.6 Å². The molecule has 134 valence electrons. The second kappa shape index (κ2) is 7.69. The number of nitrogens with one attached hydrogen (secondary N) is 3. The van der Waals surface area contributed by atoms with Crippen LogP contribution in [0.3, 0.4) is 0 Å². The molecule has 1 aromatic carbocycles. The third-order valence-electron chi connectivity index (χ3n) is 3.94. The average molecular weight is 351 g/mol. The van der Waals surface area contributed by atoms with E-state index in [2.05, 4.69) is 25.6 Å². The third kappa shape index (κ3) is 3.83. The van der Waals surface area contributed by atoms with Crippen molar-refractivity contribution in [3.8, 4) is 17.0 Å². The molecule has 0 aliphatic rings. The molecule has 3 rings (SSSR count). The number of phenolic OH excluding ortho intramolecular Hbond substituents is 1. The number of benzene rings is 1. The SMILES string of the molecule is CCNc1ncc(C)c(-c2c[nH]c(C(=O)NCc3ccccc3O)c2)n1. The van der Waals surface area contributed by atoms with Gasteiger partial charge in [-0.25, -0.2) is 9.97 Å². The number of hydrogen-bond donors (Lipinski definition) is 4. The smallest absolute Gasteiger partial charge is 0.267 e. The topological polar surface area (TPSA) is 103 Å². The van der Waals surface area contributed by atoms with Gasteiger partial charge in [-0.05, 0) is 31.5 Å². The first-order valence-electron chi connectivity index (χ1n) is 8.40. The fraction of sp³-hybridized carbons (Fsp3) is 0.211. The lowest BCUT2D eigenvalue weighted by molar-refractivity contribution is 0.0946. The van der Waals surface area contributed by atoms with Crippen molar-refractivity contribution in [2.75, 3.05) is 11.9 Å². The van der Waals surface area contributed by atoms with Gasteiger partial charge in [0.05, 0.1) is 5.69 Å². The predicted octanol–water partition coefficient (Wildman–Crippen LogP) is 2.85. The standard InChI is InChI=1S/C19H21N5O2/c1-3-20-19-23-9-12(2)17(24-19)14-8-15(21-11-14)18(26)22-10-13-6-4-5-7-16(13)25/h4-9,11,21,25H,3,10H2,1-2H3,(H,22,26)(H,20,23,24). The minimum absolute atomic E-state index is 0.160. The maximum Gasteiger partial charge on any atom is 0.267 e. The first-order chi connectivity index (χ1) is 12.6. The van der Waals surface area contributed by atoms with E-state index in [4.69, 9.17) is 0 Å². The monoisotopic (exact) mass is 351 g/mol. The van der Waals surface area contributed by atoms with Crippen LogP contribution in [0.1, 0.15) is 28.5 Å². The summed E-state index contributed by atoms with van der Waals surface area (Å²) < 4.78 is 0. The van der Waals surface area contributed by atoms with Gasteiger partial charge >= 0.3 is 0 Å². The lowest BCUT2D eigenvalue weighted by atomic mass is 10.1. The third-order valence-corrected chi connectivity index (χ3v) is 3.94. The second-order valence-electron chi connectivity index (χ2n) is 5.87. The molecule has 0 unspecified atom stereocenters. The van der Waals surface area contributed by atoms with Gasteiger partial charge < -0.3 is 20.7 Å². The molecule has 2 heterocycles. The molecule has 0 saturated heterocycles. The van der Waals surface area contributed by atoms with Crippen molar-refractivity contribution >= 4 is 11.9 Å². The van der Waals surface area contributed by atoms with Crippen LogP contribution in [0.4, 0.5) is 5.95 Å². The van der Waals surface area contributed by atoms with Crippen molar-refractivity contribution < 1.29 is 9.90 Å². The quantitative estimate of drug-likeness (QED) is 0.547. The van der Waals surface area contributed by atoms with Crippen LogP contribution in [0.2, 0.25) is 0 Å². The van der Waals surface area contributed by atoms with Crippen molar-refractivity contribution in [2.24, 2.45) is 0 Å². The summed E-state index contributed by atoms with van der Waals surface area (Å²) in [4.78, 5) is 24.1. The number of phenols is 1. The van der Waals surface area contributed by atoms with Gasteiger partial charge in [0.25, 0.3) is 5.91 Å². The number of H-pyrrole nitrogens is 1. The van der Waals surface area contributed by atoms with Crippen LogP contribution in [0.5, 0.6) is 5.75 Å². The highest BCUT2D eigenvalue weighted by Crippen LogP contribution is 2.23. The van der Waals surface area contributed by atoms with Crippen molar-refractivity contribution in [1.82, 2.24) is 20.3 Å². The molecule has 7 heteroatoms. The van der Waals surface area contributed by atoms with Gasteiger partial charge in [0.2, 0.25) is 5.95 Å². The molecule has 4 N–H and O–H groups in total. The average Bonchev–Trinajstić information content (AvgIpc) is 3.12. The largest absolute Gasteiger partial charge is 0.508 e. The zero-order valence-electron chi connectivity index (χ0n) is 14.7. The Hall–Kier alpha value is -3.35. The number of nitrogens with zero attached hydrogens (tertiary/aromatic N) is 2. The van der Waals surface area contributed by atoms with Gasteiger partial charge in [-0.15, -0.1) is 0 Å². The molecule has 0 aliphatic heterocycles. The van der Waals surface area contributed by atoms with E-state index in [1.807, 2.05) is 19.9 Å². The number of carbonyl (C=O) groups excluding carboxylic acids is 1. The van der Waals surface area contributed by atoms with Crippen LogP contribution in [0.25, 0.3) is 11.3 Å². The Morgan fingerprint density at radius 3 is 2.88 bits per heavy atom. The number of amides is 1. The highest BCUT2D eigenvalue weighted by molar-refractivity contribution is 5.93. The van der Waals surface area contributed by atoms with E-state index in [1.54, 1.807) is 36.7 Å². The van der Waals surface area contributed by atoms with Crippen LogP contribution in [0, 0.1) is 6.92 Å². The lowest BCUT2D eigenvalue weighted by Crippen LogP contribution is -2.23. The molecule has 26 heavy (non-hydrogen) atoms. The van der Waals surface area contributed by atoms with Crippen LogP contribution in [-0.2, 0) is 6.54 Å². The zero-order valence-corrected chi connectivity index (χ0v) is 14.7. The number of aromatic hydroxyl groups is 1. The maximum absolute atomic E-state index is 12.4. The van der Waals surface area contributed by atoms with Gasteiger partial charge in [-0.3, -0.25) is 4.79 Å². The van der Waals surface area contributed by atoms with Crippen molar-refractivity contribution in [1.29, 1.82) is 0 Å². The second-order valence-corrected chi connectivity index (χ2v) is 5.87. The summed E-state index contributed by atoms with van der Waals surface area (Å²) in [5, 5.41) is 15.6. The molecule has 0 atom stereocenters. The molecule has 0 spiro atoms. The number of carbonyl (C=O) groups is 1. The number of hydrogen-bond acceptors (Lipinski definition) is 5. The predicted molar refractivity (Wildman–Crippen MR) is 100.0 cm³/mol. The zero-order chi connectivity index (χ0) is 18.5. The molecular formula is C19H21N5O2. The molecule has 2 aromatic heterocycles. The molecule has 1 amide bonds. The highest BCUT2D eigenvalue weighted by atomic mass is 16.3. The van der Waals surface area contributed by atoms with E-state index in [0.717, 1.165) is 23.4 Å². The van der Waals surface area contributed by atoms with Crippen molar-refractivity contribution in [3.63, 3.8) is 0 Å². The van der Waals surface area contributed by atoms with Crippen molar-refractivity contribution in [2.45, 2.75) is 20.4 Å². The van der Waals surface area contributed by atoms with Gasteiger partial charge in [0, 0.05) is 36.6 Å². The number of para-hydroxylation sites is 1. The normalized spacial score (nSPS) is 10.5. The fourth-order valence-corrected chi connectivity index (χ4v) is 2.57.